The first-order valence-corrected chi connectivity index (χ1v) is 6.89. The van der Waals surface area contributed by atoms with Crippen molar-refractivity contribution in [1.29, 1.82) is 0 Å². The number of rotatable bonds is 5. The quantitative estimate of drug-likeness (QED) is 0.859. The van der Waals surface area contributed by atoms with Crippen molar-refractivity contribution < 1.29 is 4.79 Å². The average Bonchev–Trinajstić information content (AvgIpc) is 3.20. The largest absolute Gasteiger partial charge is 0.381 e. The standard InChI is InChI=1S/C14H17ClN2O/c15-11-6-5-10(14(16)18)7-12(11)17-13(8-1-2-8)9-3-4-9/h5-9,13,17H,1-4H2,(H2,16,18). The molecule has 3 rings (SSSR count). The van der Waals surface area contributed by atoms with Gasteiger partial charge in [-0.15, -0.1) is 0 Å². The van der Waals surface area contributed by atoms with E-state index in [2.05, 4.69) is 5.32 Å². The Balaban J connectivity index is 1.81. The van der Waals surface area contributed by atoms with E-state index in [0.29, 0.717) is 16.6 Å². The third-order valence-corrected chi connectivity index (χ3v) is 4.16. The Hall–Kier alpha value is -1.22. The zero-order valence-corrected chi connectivity index (χ0v) is 10.9. The van der Waals surface area contributed by atoms with Crippen molar-refractivity contribution in [3.05, 3.63) is 28.8 Å². The molecule has 2 saturated carbocycles. The molecule has 3 nitrogen and oxygen atoms in total. The average molecular weight is 265 g/mol. The number of nitrogens with two attached hydrogens (primary N) is 1. The maximum Gasteiger partial charge on any atom is 0.248 e. The van der Waals surface area contributed by atoms with Crippen LogP contribution in [-0.4, -0.2) is 11.9 Å². The highest BCUT2D eigenvalue weighted by Gasteiger charge is 2.41. The van der Waals surface area contributed by atoms with Crippen LogP contribution in [0.5, 0.6) is 0 Å². The third kappa shape index (κ3) is 2.46. The summed E-state index contributed by atoms with van der Waals surface area (Å²) in [5.41, 5.74) is 6.65. The maximum atomic E-state index is 11.2. The Kier molecular flexibility index (Phi) is 2.94. The fourth-order valence-electron chi connectivity index (χ4n) is 2.50. The first-order valence-electron chi connectivity index (χ1n) is 6.51. The number of anilines is 1. The Morgan fingerprint density at radius 3 is 2.39 bits per heavy atom. The molecule has 96 valence electrons. The molecule has 1 amide bonds. The molecular weight excluding hydrogens is 248 g/mol. The number of hydrogen-bond donors (Lipinski definition) is 2. The minimum Gasteiger partial charge on any atom is -0.381 e. The molecule has 2 aliphatic rings. The van der Waals surface area contributed by atoms with Crippen LogP contribution in [0.25, 0.3) is 0 Å². The predicted molar refractivity (Wildman–Crippen MR) is 72.8 cm³/mol. The van der Waals surface area contributed by atoms with E-state index < -0.39 is 5.91 Å². The third-order valence-electron chi connectivity index (χ3n) is 3.83. The number of halogens is 1. The van der Waals surface area contributed by atoms with Gasteiger partial charge in [0.15, 0.2) is 0 Å². The maximum absolute atomic E-state index is 11.2. The minimum atomic E-state index is -0.413. The molecule has 1 aromatic rings. The summed E-state index contributed by atoms with van der Waals surface area (Å²) < 4.78 is 0. The number of carbonyl (C=O) groups is 1. The van der Waals surface area contributed by atoms with Crippen LogP contribution in [0.4, 0.5) is 5.69 Å². The second kappa shape index (κ2) is 4.47. The van der Waals surface area contributed by atoms with Gasteiger partial charge < -0.3 is 11.1 Å². The smallest absolute Gasteiger partial charge is 0.248 e. The van der Waals surface area contributed by atoms with Gasteiger partial charge in [0.1, 0.15) is 0 Å². The van der Waals surface area contributed by atoms with E-state index in [9.17, 15) is 4.79 Å². The van der Waals surface area contributed by atoms with Gasteiger partial charge in [-0.2, -0.15) is 0 Å². The van der Waals surface area contributed by atoms with Crippen LogP contribution >= 0.6 is 11.6 Å². The lowest BCUT2D eigenvalue weighted by Gasteiger charge is -2.20. The van der Waals surface area contributed by atoms with Crippen LogP contribution in [-0.2, 0) is 0 Å². The summed E-state index contributed by atoms with van der Waals surface area (Å²) in [6.45, 7) is 0. The molecule has 1 aromatic carbocycles. The van der Waals surface area contributed by atoms with E-state index in [1.54, 1.807) is 18.2 Å². The summed E-state index contributed by atoms with van der Waals surface area (Å²) in [7, 11) is 0. The Morgan fingerprint density at radius 1 is 1.28 bits per heavy atom. The summed E-state index contributed by atoms with van der Waals surface area (Å²) in [5.74, 6) is 1.15. The van der Waals surface area contributed by atoms with Crippen LogP contribution in [0.2, 0.25) is 5.02 Å². The highest BCUT2D eigenvalue weighted by Crippen LogP contribution is 2.46. The molecule has 0 bridgehead atoms. The van der Waals surface area contributed by atoms with Gasteiger partial charge in [0, 0.05) is 11.6 Å². The summed E-state index contributed by atoms with van der Waals surface area (Å²) >= 11 is 6.18. The van der Waals surface area contributed by atoms with Crippen molar-refractivity contribution in [3.8, 4) is 0 Å². The molecule has 18 heavy (non-hydrogen) atoms. The van der Waals surface area contributed by atoms with Crippen molar-refractivity contribution in [2.24, 2.45) is 17.6 Å². The van der Waals surface area contributed by atoms with E-state index >= 15 is 0 Å². The Labute approximate surface area is 112 Å². The summed E-state index contributed by atoms with van der Waals surface area (Å²) in [5, 5.41) is 4.19. The SMILES string of the molecule is NC(=O)c1ccc(Cl)c(NC(C2CC2)C2CC2)c1. The van der Waals surface area contributed by atoms with Crippen molar-refractivity contribution >= 4 is 23.2 Å². The lowest BCUT2D eigenvalue weighted by Crippen LogP contribution is -2.24. The van der Waals surface area contributed by atoms with Crippen LogP contribution in [0.3, 0.4) is 0 Å². The second-order valence-corrected chi connectivity index (χ2v) is 5.81. The molecule has 2 aliphatic carbocycles. The van der Waals surface area contributed by atoms with Gasteiger partial charge in [0.25, 0.3) is 0 Å². The molecule has 0 spiro atoms. The topological polar surface area (TPSA) is 55.1 Å². The van der Waals surface area contributed by atoms with Crippen molar-refractivity contribution in [2.45, 2.75) is 31.7 Å². The Bertz CT molecular complexity index is 469. The number of benzene rings is 1. The van der Waals surface area contributed by atoms with Crippen LogP contribution in [0.1, 0.15) is 36.0 Å². The minimum absolute atomic E-state index is 0.413. The van der Waals surface area contributed by atoms with Crippen molar-refractivity contribution in [2.75, 3.05) is 5.32 Å². The van der Waals surface area contributed by atoms with Crippen molar-refractivity contribution in [1.82, 2.24) is 0 Å². The van der Waals surface area contributed by atoms with Crippen LogP contribution in [0, 0.1) is 11.8 Å². The summed E-state index contributed by atoms with van der Waals surface area (Å²) in [6, 6.07) is 5.69. The van der Waals surface area contributed by atoms with Crippen LogP contribution in [0.15, 0.2) is 18.2 Å². The Morgan fingerprint density at radius 2 is 1.89 bits per heavy atom. The highest BCUT2D eigenvalue weighted by atomic mass is 35.5. The molecular formula is C14H17ClN2O. The molecule has 0 saturated heterocycles. The summed E-state index contributed by atoms with van der Waals surface area (Å²) in [4.78, 5) is 11.2. The first-order chi connectivity index (χ1) is 8.65. The van der Waals surface area contributed by atoms with Gasteiger partial charge in [0.2, 0.25) is 5.91 Å². The zero-order valence-electron chi connectivity index (χ0n) is 10.2. The van der Waals surface area contributed by atoms with E-state index in [1.165, 1.54) is 25.7 Å². The normalized spacial score (nSPS) is 19.0. The molecule has 0 aliphatic heterocycles. The van der Waals surface area contributed by atoms with Gasteiger partial charge in [-0.3, -0.25) is 4.79 Å². The fourth-order valence-corrected chi connectivity index (χ4v) is 2.67. The fraction of sp³-hybridized carbons (Fsp3) is 0.500. The van der Waals surface area contributed by atoms with Crippen LogP contribution < -0.4 is 11.1 Å². The van der Waals surface area contributed by atoms with Gasteiger partial charge in [0.05, 0.1) is 10.7 Å². The molecule has 3 N–H and O–H groups in total. The second-order valence-electron chi connectivity index (χ2n) is 5.40. The van der Waals surface area contributed by atoms with Gasteiger partial charge >= 0.3 is 0 Å². The molecule has 0 heterocycles. The molecule has 4 heteroatoms. The monoisotopic (exact) mass is 264 g/mol. The van der Waals surface area contributed by atoms with E-state index in [-0.39, 0.29) is 0 Å². The molecule has 0 atom stereocenters. The highest BCUT2D eigenvalue weighted by molar-refractivity contribution is 6.33. The number of primary amides is 1. The molecule has 0 aromatic heterocycles. The molecule has 0 radical (unpaired) electrons. The predicted octanol–water partition coefficient (Wildman–Crippen LogP) is 3.04. The number of hydrogen-bond acceptors (Lipinski definition) is 2. The van der Waals surface area contributed by atoms with E-state index in [1.807, 2.05) is 0 Å². The lowest BCUT2D eigenvalue weighted by atomic mass is 10.1. The van der Waals surface area contributed by atoms with E-state index in [0.717, 1.165) is 17.5 Å². The van der Waals surface area contributed by atoms with Gasteiger partial charge in [-0.25, -0.2) is 0 Å². The van der Waals surface area contributed by atoms with Gasteiger partial charge in [-0.1, -0.05) is 11.6 Å². The first kappa shape index (κ1) is 11.8. The number of carbonyl (C=O) groups excluding carboxylic acids is 1. The van der Waals surface area contributed by atoms with Gasteiger partial charge in [-0.05, 0) is 55.7 Å². The molecule has 0 unspecified atom stereocenters. The lowest BCUT2D eigenvalue weighted by molar-refractivity contribution is 0.100. The summed E-state index contributed by atoms with van der Waals surface area (Å²) in [6.07, 6.45) is 5.23. The molecule has 2 fully saturated rings. The number of nitrogens with one attached hydrogen (secondary N) is 1. The van der Waals surface area contributed by atoms with E-state index in [4.69, 9.17) is 17.3 Å². The number of amides is 1. The zero-order chi connectivity index (χ0) is 12.7. The van der Waals surface area contributed by atoms with Crippen molar-refractivity contribution in [3.63, 3.8) is 0 Å².